The number of para-hydroxylation sites is 1. The van der Waals surface area contributed by atoms with Gasteiger partial charge in [0.05, 0.1) is 27.5 Å². The molecule has 0 heterocycles. The van der Waals surface area contributed by atoms with Crippen LogP contribution in [0.25, 0.3) is 0 Å². The Morgan fingerprint density at radius 2 is 1.63 bits per heavy atom. The summed E-state index contributed by atoms with van der Waals surface area (Å²) in [7, 11) is 4.62. The van der Waals surface area contributed by atoms with Crippen LogP contribution in [0.15, 0.2) is 47.6 Å². The van der Waals surface area contributed by atoms with Gasteiger partial charge in [-0.25, -0.2) is 5.43 Å². The normalized spacial score (nSPS) is 11.8. The molecule has 0 bridgehead atoms. The molecule has 1 unspecified atom stereocenters. The lowest BCUT2D eigenvalue weighted by molar-refractivity contribution is -0.134. The van der Waals surface area contributed by atoms with Crippen molar-refractivity contribution in [1.82, 2.24) is 5.43 Å². The summed E-state index contributed by atoms with van der Waals surface area (Å²) >= 11 is 0. The fourth-order valence-electron chi connectivity index (χ4n) is 2.87. The second-order valence-electron chi connectivity index (χ2n) is 6.76. The number of nitrogens with one attached hydrogen (secondary N) is 2. The molecule has 2 rings (SSSR count). The largest absolute Gasteiger partial charge is 0.497 e. The Labute approximate surface area is 176 Å². The minimum absolute atomic E-state index is 0.232. The first kappa shape index (κ1) is 22.7. The molecular weight excluding hydrogens is 386 g/mol. The highest BCUT2D eigenvalue weighted by Gasteiger charge is 2.30. The Bertz CT molecular complexity index is 894. The quantitative estimate of drug-likeness (QED) is 0.374. The number of carbonyl (C=O) groups excluding carboxylic acids is 2. The predicted molar refractivity (Wildman–Crippen MR) is 115 cm³/mol. The summed E-state index contributed by atoms with van der Waals surface area (Å²) in [4.78, 5) is 25.3. The second-order valence-corrected chi connectivity index (χ2v) is 6.76. The van der Waals surface area contributed by atoms with E-state index in [9.17, 15) is 9.59 Å². The predicted octanol–water partition coefficient (Wildman–Crippen LogP) is 3.07. The molecule has 0 radical (unpaired) electrons. The van der Waals surface area contributed by atoms with Crippen molar-refractivity contribution < 1.29 is 23.8 Å². The molecule has 0 saturated heterocycles. The van der Waals surface area contributed by atoms with Gasteiger partial charge in [-0.2, -0.15) is 5.10 Å². The van der Waals surface area contributed by atoms with Crippen LogP contribution in [0.5, 0.6) is 17.2 Å². The topological polar surface area (TPSA) is 98.2 Å². The van der Waals surface area contributed by atoms with Gasteiger partial charge in [-0.05, 0) is 42.3 Å². The van der Waals surface area contributed by atoms with Gasteiger partial charge in [-0.15, -0.1) is 0 Å². The first-order valence-corrected chi connectivity index (χ1v) is 9.40. The Kier molecular flexibility index (Phi) is 8.22. The molecule has 0 spiro atoms. The molecule has 0 aliphatic rings. The number of amides is 2. The van der Waals surface area contributed by atoms with Crippen LogP contribution in [-0.2, 0) is 9.59 Å². The van der Waals surface area contributed by atoms with Crippen LogP contribution >= 0.6 is 0 Å². The molecule has 2 amide bonds. The molecule has 0 aromatic heterocycles. The number of ether oxygens (including phenoxy) is 3. The summed E-state index contributed by atoms with van der Waals surface area (Å²) in [6.07, 6.45) is 1.44. The van der Waals surface area contributed by atoms with Gasteiger partial charge in [0.2, 0.25) is 5.91 Å². The number of nitrogens with zero attached hydrogens (tertiary/aromatic N) is 1. The second kappa shape index (κ2) is 10.8. The average molecular weight is 413 g/mol. The van der Waals surface area contributed by atoms with Crippen molar-refractivity contribution in [3.05, 3.63) is 48.0 Å². The molecule has 0 aliphatic carbocycles. The van der Waals surface area contributed by atoms with Crippen LogP contribution in [0.2, 0.25) is 0 Å². The standard InChI is InChI=1S/C22H27N3O5/c1-14(2)19(21(26)24-16-9-11-17(28-3)12-10-16)22(27)25-23-13-15-7-6-8-18(29-4)20(15)30-5/h6-14,19H,1-5H3,(H,24,26)(H,25,27). The van der Waals surface area contributed by atoms with E-state index < -0.39 is 17.7 Å². The third kappa shape index (κ3) is 5.73. The van der Waals surface area contributed by atoms with Crippen LogP contribution in [-0.4, -0.2) is 39.4 Å². The van der Waals surface area contributed by atoms with Crippen LogP contribution in [0.1, 0.15) is 19.4 Å². The van der Waals surface area contributed by atoms with E-state index in [2.05, 4.69) is 15.8 Å². The van der Waals surface area contributed by atoms with Crippen molar-refractivity contribution in [2.75, 3.05) is 26.6 Å². The SMILES string of the molecule is COc1ccc(NC(=O)C(C(=O)NN=Cc2cccc(OC)c2OC)C(C)C)cc1. The van der Waals surface area contributed by atoms with Crippen LogP contribution < -0.4 is 25.0 Å². The molecule has 8 heteroatoms. The number of hydrazone groups is 1. The summed E-state index contributed by atoms with van der Waals surface area (Å²) in [5.74, 6) is -0.354. The van der Waals surface area contributed by atoms with Crippen LogP contribution in [0.3, 0.4) is 0 Å². The average Bonchev–Trinajstić information content (AvgIpc) is 2.73. The van der Waals surface area contributed by atoms with E-state index in [0.29, 0.717) is 28.5 Å². The molecule has 2 aromatic carbocycles. The minimum atomic E-state index is -0.920. The zero-order chi connectivity index (χ0) is 22.1. The molecule has 2 aromatic rings. The summed E-state index contributed by atoms with van der Waals surface area (Å²) in [5.41, 5.74) is 3.64. The lowest BCUT2D eigenvalue weighted by Gasteiger charge is -2.18. The monoisotopic (exact) mass is 413 g/mol. The maximum atomic E-state index is 12.7. The zero-order valence-electron chi connectivity index (χ0n) is 17.8. The van der Waals surface area contributed by atoms with E-state index in [1.807, 2.05) is 0 Å². The number of methoxy groups -OCH3 is 3. The zero-order valence-corrected chi connectivity index (χ0v) is 17.8. The van der Waals surface area contributed by atoms with Gasteiger partial charge in [0.15, 0.2) is 11.5 Å². The smallest absolute Gasteiger partial charge is 0.252 e. The van der Waals surface area contributed by atoms with Gasteiger partial charge in [-0.1, -0.05) is 19.9 Å². The molecule has 160 valence electrons. The number of carbonyl (C=O) groups is 2. The van der Waals surface area contributed by atoms with Crippen molar-refractivity contribution >= 4 is 23.7 Å². The van der Waals surface area contributed by atoms with Crippen molar-refractivity contribution in [3.8, 4) is 17.2 Å². The number of anilines is 1. The lowest BCUT2D eigenvalue weighted by Crippen LogP contribution is -2.39. The lowest BCUT2D eigenvalue weighted by atomic mass is 9.94. The Balaban J connectivity index is 2.08. The van der Waals surface area contributed by atoms with E-state index in [4.69, 9.17) is 14.2 Å². The summed E-state index contributed by atoms with van der Waals surface area (Å²) in [5, 5.41) is 6.74. The fraction of sp³-hybridized carbons (Fsp3) is 0.318. The van der Waals surface area contributed by atoms with Crippen LogP contribution in [0, 0.1) is 11.8 Å². The highest BCUT2D eigenvalue weighted by atomic mass is 16.5. The van der Waals surface area contributed by atoms with Crippen LogP contribution in [0.4, 0.5) is 5.69 Å². The third-order valence-electron chi connectivity index (χ3n) is 4.40. The van der Waals surface area contributed by atoms with Gasteiger partial charge in [0.1, 0.15) is 11.7 Å². The summed E-state index contributed by atoms with van der Waals surface area (Å²) < 4.78 is 15.7. The summed E-state index contributed by atoms with van der Waals surface area (Å²) in [6.45, 7) is 3.60. The van der Waals surface area contributed by atoms with E-state index >= 15 is 0 Å². The van der Waals surface area contributed by atoms with Gasteiger partial charge >= 0.3 is 0 Å². The maximum absolute atomic E-state index is 12.7. The third-order valence-corrected chi connectivity index (χ3v) is 4.40. The van der Waals surface area contributed by atoms with Crippen molar-refractivity contribution in [1.29, 1.82) is 0 Å². The van der Waals surface area contributed by atoms with Gasteiger partial charge in [0, 0.05) is 11.3 Å². The van der Waals surface area contributed by atoms with Crippen molar-refractivity contribution in [2.45, 2.75) is 13.8 Å². The fourth-order valence-corrected chi connectivity index (χ4v) is 2.87. The number of rotatable bonds is 9. The first-order valence-electron chi connectivity index (χ1n) is 9.40. The minimum Gasteiger partial charge on any atom is -0.497 e. The van der Waals surface area contributed by atoms with Gasteiger partial charge in [0.25, 0.3) is 5.91 Å². The van der Waals surface area contributed by atoms with Crippen molar-refractivity contribution in [2.24, 2.45) is 16.9 Å². The molecule has 8 nitrogen and oxygen atoms in total. The molecule has 2 N–H and O–H groups in total. The summed E-state index contributed by atoms with van der Waals surface area (Å²) in [6, 6.07) is 12.2. The molecule has 0 aliphatic heterocycles. The maximum Gasteiger partial charge on any atom is 0.252 e. The molecule has 0 saturated carbocycles. The van der Waals surface area contributed by atoms with E-state index in [0.717, 1.165) is 0 Å². The Morgan fingerprint density at radius 3 is 2.20 bits per heavy atom. The molecular formula is C22H27N3O5. The first-order chi connectivity index (χ1) is 14.4. The number of benzene rings is 2. The van der Waals surface area contributed by atoms with E-state index in [-0.39, 0.29) is 5.92 Å². The van der Waals surface area contributed by atoms with E-state index in [1.54, 1.807) is 63.4 Å². The number of hydrogen-bond acceptors (Lipinski definition) is 6. The van der Waals surface area contributed by atoms with Crippen molar-refractivity contribution in [3.63, 3.8) is 0 Å². The van der Waals surface area contributed by atoms with Gasteiger partial charge in [-0.3, -0.25) is 9.59 Å². The Morgan fingerprint density at radius 1 is 0.933 bits per heavy atom. The molecule has 0 fully saturated rings. The van der Waals surface area contributed by atoms with Gasteiger partial charge < -0.3 is 19.5 Å². The number of hydrogen-bond donors (Lipinski definition) is 2. The molecule has 30 heavy (non-hydrogen) atoms. The van der Waals surface area contributed by atoms with E-state index in [1.165, 1.54) is 20.4 Å². The highest BCUT2D eigenvalue weighted by Crippen LogP contribution is 2.29. The Hall–Kier alpha value is -3.55. The molecule has 1 atom stereocenters. The highest BCUT2D eigenvalue weighted by molar-refractivity contribution is 6.06.